The van der Waals surface area contributed by atoms with Crippen LogP contribution in [0.15, 0.2) is 24.3 Å². The summed E-state index contributed by atoms with van der Waals surface area (Å²) in [6.07, 6.45) is -7.53. The molecule has 0 heterocycles. The predicted octanol–water partition coefficient (Wildman–Crippen LogP) is 7.64. The van der Waals surface area contributed by atoms with E-state index in [0.717, 1.165) is 6.07 Å². The zero-order valence-electron chi connectivity index (χ0n) is 19.9. The minimum atomic E-state index is -8.03. The van der Waals surface area contributed by atoms with Crippen LogP contribution in [0.2, 0.25) is 20.1 Å². The van der Waals surface area contributed by atoms with E-state index in [4.69, 9.17) is 46.4 Å². The van der Waals surface area contributed by atoms with E-state index in [2.05, 4.69) is 4.18 Å². The Morgan fingerprint density at radius 1 is 0.744 bits per heavy atom. The number of nitrogens with one attached hydrogen (secondary N) is 1. The second-order valence-corrected chi connectivity index (χ2v) is 10.7. The number of benzene rings is 2. The average molecular weight is 766 g/mol. The van der Waals surface area contributed by atoms with E-state index >= 15 is 0 Å². The normalized spacial score (nSPS) is 13.3. The van der Waals surface area contributed by atoms with E-state index in [1.54, 1.807) is 0 Å². The topological polar surface area (TPSA) is 110 Å². The minimum absolute atomic E-state index is 0. The third kappa shape index (κ3) is 6.97. The standard InChI is InChI=1S/C19H6Cl4F11NO6S.K/c20-9-7(8(14(37)38)10(21)12(23)11(9)22)13(36)35-5-2-1-3-6(4-5)41-42(39,40)19(33,34)17(28,29)15(24,25)16(26,27)18(30,31)32;/h1-4H,(H,35,36)(H,37,38);. The van der Waals surface area contributed by atoms with Crippen LogP contribution < -0.4 is 9.50 Å². The van der Waals surface area contributed by atoms with Crippen LogP contribution in [0.25, 0.3) is 0 Å². The molecule has 2 rings (SSSR count). The van der Waals surface area contributed by atoms with Crippen LogP contribution >= 0.6 is 46.4 Å². The molecule has 0 saturated heterocycles. The van der Waals surface area contributed by atoms with Gasteiger partial charge in [0.1, 0.15) is 5.75 Å². The number of halogens is 15. The van der Waals surface area contributed by atoms with E-state index in [9.17, 15) is 71.4 Å². The Labute approximate surface area is 294 Å². The van der Waals surface area contributed by atoms with E-state index in [1.165, 1.54) is 0 Å². The van der Waals surface area contributed by atoms with Gasteiger partial charge in [0.25, 0.3) is 5.91 Å². The number of carboxylic acid groups (broad SMARTS) is 1. The molecule has 0 saturated carbocycles. The third-order valence-corrected chi connectivity index (χ3v) is 7.93. The van der Waals surface area contributed by atoms with Gasteiger partial charge in [-0.2, -0.15) is 56.7 Å². The van der Waals surface area contributed by atoms with E-state index < -0.39 is 93.8 Å². The van der Waals surface area contributed by atoms with Crippen LogP contribution in [-0.2, 0) is 10.1 Å². The fraction of sp³-hybridized carbons (Fsp3) is 0.263. The zero-order chi connectivity index (χ0) is 33.0. The molecule has 235 valence electrons. The van der Waals surface area contributed by atoms with Gasteiger partial charge in [-0.05, 0) is 12.1 Å². The molecule has 2 N–H and O–H groups in total. The van der Waals surface area contributed by atoms with Crippen LogP contribution in [0, 0.1) is 0 Å². The van der Waals surface area contributed by atoms with Crippen molar-refractivity contribution in [2.24, 2.45) is 0 Å². The van der Waals surface area contributed by atoms with Crippen LogP contribution in [0.4, 0.5) is 54.0 Å². The quantitative estimate of drug-likeness (QED) is 0.0894. The Balaban J connectivity index is 0.00000924. The number of anilines is 1. The Kier molecular flexibility index (Phi) is 12.2. The van der Waals surface area contributed by atoms with Crippen molar-refractivity contribution >= 4 is 125 Å². The molecule has 0 unspecified atom stereocenters. The summed E-state index contributed by atoms with van der Waals surface area (Å²) >= 11 is 23.1. The summed E-state index contributed by atoms with van der Waals surface area (Å²) in [5, 5.41) is 0.935. The summed E-state index contributed by atoms with van der Waals surface area (Å²) in [6, 6.07) is 1.97. The van der Waals surface area contributed by atoms with Crippen molar-refractivity contribution < 1.29 is 75.6 Å². The van der Waals surface area contributed by atoms with Gasteiger partial charge in [-0.3, -0.25) is 4.79 Å². The van der Waals surface area contributed by atoms with Crippen molar-refractivity contribution in [3.8, 4) is 5.75 Å². The van der Waals surface area contributed by atoms with Gasteiger partial charge in [0, 0.05) is 63.1 Å². The maximum Gasteiger partial charge on any atom is 0.460 e. The Morgan fingerprint density at radius 3 is 1.65 bits per heavy atom. The summed E-state index contributed by atoms with van der Waals surface area (Å²) in [6.45, 7) is 0. The van der Waals surface area contributed by atoms with Crippen LogP contribution in [0.1, 0.15) is 20.7 Å². The molecule has 7 nitrogen and oxygen atoms in total. The van der Waals surface area contributed by atoms with Gasteiger partial charge in [0.05, 0.1) is 31.2 Å². The largest absolute Gasteiger partial charge is 0.478 e. The molecule has 0 aliphatic heterocycles. The third-order valence-electron chi connectivity index (χ3n) is 4.83. The van der Waals surface area contributed by atoms with Crippen molar-refractivity contribution in [2.45, 2.75) is 29.2 Å². The summed E-state index contributed by atoms with van der Waals surface area (Å²) in [7, 11) is -7.52. The number of carbonyl (C=O) groups excluding carboxylic acids is 1. The summed E-state index contributed by atoms with van der Waals surface area (Å²) in [5.41, 5.74) is -2.74. The van der Waals surface area contributed by atoms with Crippen LogP contribution in [0.5, 0.6) is 5.75 Å². The molecular formula is C19H6Cl4F11KNO6S. The molecule has 2 aromatic carbocycles. The number of hydrogen-bond acceptors (Lipinski definition) is 5. The Hall–Kier alpha value is -0.844. The molecule has 0 atom stereocenters. The number of carbonyl (C=O) groups is 2. The molecule has 24 heteroatoms. The van der Waals surface area contributed by atoms with Crippen LogP contribution in [0.3, 0.4) is 0 Å². The van der Waals surface area contributed by atoms with Gasteiger partial charge in [0.15, 0.2) is 0 Å². The van der Waals surface area contributed by atoms with E-state index in [1.807, 2.05) is 5.32 Å². The number of amides is 1. The first-order valence-corrected chi connectivity index (χ1v) is 12.6. The fourth-order valence-corrected chi connectivity index (χ4v) is 4.68. The first-order chi connectivity index (χ1) is 18.7. The monoisotopic (exact) mass is 764 g/mol. The molecule has 1 amide bonds. The molecule has 0 aliphatic rings. The molecule has 0 spiro atoms. The number of alkyl halides is 11. The van der Waals surface area contributed by atoms with Gasteiger partial charge < -0.3 is 14.6 Å². The van der Waals surface area contributed by atoms with E-state index in [-0.39, 0.29) is 57.5 Å². The maximum atomic E-state index is 14.1. The van der Waals surface area contributed by atoms with Crippen LogP contribution in [-0.4, -0.2) is 106 Å². The van der Waals surface area contributed by atoms with Crippen molar-refractivity contribution in [3.05, 3.63) is 55.5 Å². The van der Waals surface area contributed by atoms with Gasteiger partial charge in [0.2, 0.25) is 0 Å². The summed E-state index contributed by atoms with van der Waals surface area (Å²) < 4.78 is 173. The fourth-order valence-electron chi connectivity index (χ4n) is 2.76. The predicted molar refractivity (Wildman–Crippen MR) is 129 cm³/mol. The summed E-state index contributed by atoms with van der Waals surface area (Å²) in [5.74, 6) is -28.7. The molecule has 0 aliphatic carbocycles. The maximum absolute atomic E-state index is 14.1. The van der Waals surface area contributed by atoms with Crippen molar-refractivity contribution in [2.75, 3.05) is 5.32 Å². The van der Waals surface area contributed by atoms with Gasteiger partial charge in [-0.1, -0.05) is 52.5 Å². The first-order valence-electron chi connectivity index (χ1n) is 9.70. The van der Waals surface area contributed by atoms with Gasteiger partial charge >= 0.3 is 45.3 Å². The molecule has 0 aromatic heterocycles. The summed E-state index contributed by atoms with van der Waals surface area (Å²) in [4.78, 5) is 24.3. The minimum Gasteiger partial charge on any atom is -0.478 e. The second-order valence-electron chi connectivity index (χ2n) is 7.57. The van der Waals surface area contributed by atoms with E-state index in [0.29, 0.717) is 12.1 Å². The number of carboxylic acids is 1. The smallest absolute Gasteiger partial charge is 0.460 e. The zero-order valence-corrected chi connectivity index (χ0v) is 26.8. The Morgan fingerprint density at radius 2 is 1.21 bits per heavy atom. The number of aromatic carboxylic acids is 1. The molecular weight excluding hydrogens is 760 g/mol. The number of hydrogen-bond donors (Lipinski definition) is 2. The molecule has 0 bridgehead atoms. The second kappa shape index (κ2) is 13.1. The molecule has 1 radical (unpaired) electrons. The Bertz CT molecular complexity index is 1560. The molecule has 0 fully saturated rings. The van der Waals surface area contributed by atoms with Crippen molar-refractivity contribution in [1.82, 2.24) is 0 Å². The van der Waals surface area contributed by atoms with Crippen molar-refractivity contribution in [3.63, 3.8) is 0 Å². The SMILES string of the molecule is O=C(O)c1c(Cl)c(Cl)c(Cl)c(Cl)c1C(=O)Nc1cccc(OS(=O)(=O)C(F)(F)C(F)(F)C(F)(F)C(F)(F)C(F)(F)F)c1.[K]. The molecule has 2 aromatic rings. The van der Waals surface area contributed by atoms with Gasteiger partial charge in [-0.15, -0.1) is 0 Å². The average Bonchev–Trinajstić information content (AvgIpc) is 2.83. The molecule has 43 heavy (non-hydrogen) atoms. The van der Waals surface area contributed by atoms with Gasteiger partial charge in [-0.25, -0.2) is 4.79 Å². The van der Waals surface area contributed by atoms with Crippen molar-refractivity contribution in [1.29, 1.82) is 0 Å². The first kappa shape index (κ1) is 40.2. The number of rotatable bonds is 9.